The maximum atomic E-state index is 13.7. The monoisotopic (exact) mass is 253 g/mol. The van der Waals surface area contributed by atoms with Crippen LogP contribution >= 0.6 is 0 Å². The average Bonchev–Trinajstić information content (AvgIpc) is 2.62. The molecule has 1 aromatic carbocycles. The van der Waals surface area contributed by atoms with Gasteiger partial charge in [-0.2, -0.15) is 0 Å². The molecular weight excluding hydrogens is 241 g/mol. The van der Waals surface area contributed by atoms with E-state index in [0.717, 1.165) is 11.9 Å². The number of benzene rings is 1. The summed E-state index contributed by atoms with van der Waals surface area (Å²) in [5.74, 6) is -0.724. The highest BCUT2D eigenvalue weighted by Gasteiger charge is 2.14. The number of hydrogen-bond acceptors (Lipinski definition) is 2. The lowest BCUT2D eigenvalue weighted by molar-refractivity contribution is 0.570. The van der Waals surface area contributed by atoms with Crippen molar-refractivity contribution in [1.82, 2.24) is 4.57 Å². The predicted molar refractivity (Wildman–Crippen MR) is 63.6 cm³/mol. The van der Waals surface area contributed by atoms with E-state index in [1.165, 1.54) is 12.1 Å². The van der Waals surface area contributed by atoms with Crippen LogP contribution in [0.2, 0.25) is 0 Å². The molecule has 0 radical (unpaired) electrons. The molecule has 2 rings (SSSR count). The maximum absolute atomic E-state index is 13.7. The molecule has 1 aromatic heterocycles. The van der Waals surface area contributed by atoms with Crippen molar-refractivity contribution in [2.24, 2.45) is 0 Å². The summed E-state index contributed by atoms with van der Waals surface area (Å²) >= 11 is 0. The minimum Gasteiger partial charge on any atom is -0.321 e. The van der Waals surface area contributed by atoms with Gasteiger partial charge < -0.3 is 4.57 Å². The molecule has 5 heteroatoms. The molecule has 0 fully saturated rings. The van der Waals surface area contributed by atoms with Gasteiger partial charge in [0.2, 0.25) is 0 Å². The SMILES string of the molecule is Cc1cccn1-c1ccc(S(C)(=O)=O)c(F)c1. The molecule has 17 heavy (non-hydrogen) atoms. The van der Waals surface area contributed by atoms with E-state index in [1.54, 1.807) is 16.8 Å². The normalized spacial score (nSPS) is 11.7. The van der Waals surface area contributed by atoms with Crippen molar-refractivity contribution in [2.75, 3.05) is 6.26 Å². The van der Waals surface area contributed by atoms with E-state index in [2.05, 4.69) is 0 Å². The highest BCUT2D eigenvalue weighted by atomic mass is 32.2. The Kier molecular flexibility index (Phi) is 2.79. The van der Waals surface area contributed by atoms with Crippen LogP contribution in [0.25, 0.3) is 5.69 Å². The Morgan fingerprint density at radius 3 is 2.41 bits per heavy atom. The number of sulfone groups is 1. The van der Waals surface area contributed by atoms with Gasteiger partial charge in [0.15, 0.2) is 9.84 Å². The molecular formula is C12H12FNO2S. The lowest BCUT2D eigenvalue weighted by atomic mass is 10.3. The zero-order chi connectivity index (χ0) is 12.6. The fraction of sp³-hybridized carbons (Fsp3) is 0.167. The number of hydrogen-bond donors (Lipinski definition) is 0. The third kappa shape index (κ3) is 2.24. The van der Waals surface area contributed by atoms with Gasteiger partial charge in [-0.25, -0.2) is 12.8 Å². The predicted octanol–water partition coefficient (Wildman–Crippen LogP) is 2.33. The van der Waals surface area contributed by atoms with Gasteiger partial charge in [0.05, 0.1) is 0 Å². The summed E-state index contributed by atoms with van der Waals surface area (Å²) in [4.78, 5) is -0.272. The van der Waals surface area contributed by atoms with Crippen molar-refractivity contribution in [3.63, 3.8) is 0 Å². The van der Waals surface area contributed by atoms with E-state index in [9.17, 15) is 12.8 Å². The van der Waals surface area contributed by atoms with Crippen LogP contribution in [0.15, 0.2) is 41.4 Å². The number of aryl methyl sites for hydroxylation is 1. The Morgan fingerprint density at radius 1 is 1.24 bits per heavy atom. The van der Waals surface area contributed by atoms with E-state index in [4.69, 9.17) is 0 Å². The van der Waals surface area contributed by atoms with Crippen molar-refractivity contribution < 1.29 is 12.8 Å². The minimum absolute atomic E-state index is 0.272. The van der Waals surface area contributed by atoms with Crippen LogP contribution in [0.4, 0.5) is 4.39 Å². The fourth-order valence-corrected chi connectivity index (χ4v) is 2.42. The third-order valence-corrected chi connectivity index (χ3v) is 3.68. The zero-order valence-electron chi connectivity index (χ0n) is 9.51. The largest absolute Gasteiger partial charge is 0.321 e. The topological polar surface area (TPSA) is 39.1 Å². The molecule has 2 aromatic rings. The van der Waals surface area contributed by atoms with E-state index >= 15 is 0 Å². The molecule has 0 saturated heterocycles. The van der Waals surface area contributed by atoms with Gasteiger partial charge in [-0.15, -0.1) is 0 Å². The first kappa shape index (κ1) is 11.9. The molecule has 0 N–H and O–H groups in total. The number of nitrogens with zero attached hydrogens (tertiary/aromatic N) is 1. The summed E-state index contributed by atoms with van der Waals surface area (Å²) in [5, 5.41) is 0. The second-order valence-corrected chi connectivity index (χ2v) is 5.89. The number of aromatic nitrogens is 1. The summed E-state index contributed by atoms with van der Waals surface area (Å²) in [6.07, 6.45) is 2.79. The van der Waals surface area contributed by atoms with Gasteiger partial charge in [-0.1, -0.05) is 0 Å². The van der Waals surface area contributed by atoms with Crippen LogP contribution in [0.1, 0.15) is 5.69 Å². The Balaban J connectivity index is 2.56. The molecule has 90 valence electrons. The Hall–Kier alpha value is -1.62. The Morgan fingerprint density at radius 2 is 1.94 bits per heavy atom. The Bertz CT molecular complexity index is 659. The van der Waals surface area contributed by atoms with E-state index in [0.29, 0.717) is 5.69 Å². The second-order valence-electron chi connectivity index (χ2n) is 3.91. The van der Waals surface area contributed by atoms with Gasteiger partial charge in [0.25, 0.3) is 0 Å². The summed E-state index contributed by atoms with van der Waals surface area (Å²) in [6.45, 7) is 1.89. The van der Waals surface area contributed by atoms with Crippen LogP contribution in [0, 0.1) is 12.7 Å². The van der Waals surface area contributed by atoms with Crippen LogP contribution in [-0.2, 0) is 9.84 Å². The van der Waals surface area contributed by atoms with Crippen molar-refractivity contribution >= 4 is 9.84 Å². The molecule has 1 heterocycles. The van der Waals surface area contributed by atoms with E-state index in [1.807, 2.05) is 19.1 Å². The maximum Gasteiger partial charge on any atom is 0.178 e. The van der Waals surface area contributed by atoms with Crippen LogP contribution in [0.3, 0.4) is 0 Å². The smallest absolute Gasteiger partial charge is 0.178 e. The minimum atomic E-state index is -3.51. The third-order valence-electron chi connectivity index (χ3n) is 2.55. The molecule has 3 nitrogen and oxygen atoms in total. The van der Waals surface area contributed by atoms with Gasteiger partial charge in [-0.3, -0.25) is 0 Å². The zero-order valence-corrected chi connectivity index (χ0v) is 10.3. The molecule has 0 spiro atoms. The fourth-order valence-electron chi connectivity index (χ4n) is 1.70. The molecule has 0 aliphatic rings. The van der Waals surface area contributed by atoms with Gasteiger partial charge in [0.1, 0.15) is 10.7 Å². The number of rotatable bonds is 2. The first-order valence-corrected chi connectivity index (χ1v) is 6.92. The first-order chi connectivity index (χ1) is 7.89. The lowest BCUT2D eigenvalue weighted by Gasteiger charge is -2.08. The molecule has 0 atom stereocenters. The number of halogens is 1. The summed E-state index contributed by atoms with van der Waals surface area (Å²) in [7, 11) is -3.51. The van der Waals surface area contributed by atoms with Crippen molar-refractivity contribution in [3.8, 4) is 5.69 Å². The average molecular weight is 253 g/mol. The van der Waals surface area contributed by atoms with Crippen LogP contribution in [-0.4, -0.2) is 19.2 Å². The highest BCUT2D eigenvalue weighted by Crippen LogP contribution is 2.19. The van der Waals surface area contributed by atoms with Crippen molar-refractivity contribution in [1.29, 1.82) is 0 Å². The lowest BCUT2D eigenvalue weighted by Crippen LogP contribution is -2.03. The van der Waals surface area contributed by atoms with Crippen molar-refractivity contribution in [2.45, 2.75) is 11.8 Å². The van der Waals surface area contributed by atoms with Gasteiger partial charge in [-0.05, 0) is 37.3 Å². The summed E-state index contributed by atoms with van der Waals surface area (Å²) in [6, 6.07) is 7.84. The Labute approximate surface area is 99.4 Å². The van der Waals surface area contributed by atoms with Gasteiger partial charge in [0, 0.05) is 23.8 Å². The van der Waals surface area contributed by atoms with E-state index in [-0.39, 0.29) is 4.90 Å². The van der Waals surface area contributed by atoms with Crippen LogP contribution < -0.4 is 0 Å². The summed E-state index contributed by atoms with van der Waals surface area (Å²) in [5.41, 5.74) is 1.56. The van der Waals surface area contributed by atoms with Gasteiger partial charge >= 0.3 is 0 Å². The standard InChI is InChI=1S/C12H12FNO2S/c1-9-4-3-7-14(9)10-5-6-12(11(13)8-10)17(2,15)16/h3-8H,1-2H3. The van der Waals surface area contributed by atoms with Crippen LogP contribution in [0.5, 0.6) is 0 Å². The molecule has 0 amide bonds. The van der Waals surface area contributed by atoms with E-state index < -0.39 is 15.7 Å². The molecule has 0 bridgehead atoms. The van der Waals surface area contributed by atoms with Crippen molar-refractivity contribution in [3.05, 3.63) is 48.0 Å². The first-order valence-electron chi connectivity index (χ1n) is 5.03. The quantitative estimate of drug-likeness (QED) is 0.824. The molecule has 0 aliphatic heterocycles. The summed E-state index contributed by atoms with van der Waals surface area (Å²) < 4.78 is 38.0. The molecule has 0 unspecified atom stereocenters. The molecule has 0 saturated carbocycles. The highest BCUT2D eigenvalue weighted by molar-refractivity contribution is 7.90. The second kappa shape index (κ2) is 4.00. The molecule has 0 aliphatic carbocycles.